The summed E-state index contributed by atoms with van der Waals surface area (Å²) in [6.45, 7) is 0.932. The van der Waals surface area contributed by atoms with Gasteiger partial charge in [0.15, 0.2) is 11.0 Å². The van der Waals surface area contributed by atoms with Gasteiger partial charge in [-0.15, -0.1) is 10.2 Å². The van der Waals surface area contributed by atoms with Crippen LogP contribution in [0.5, 0.6) is 5.75 Å². The van der Waals surface area contributed by atoms with E-state index in [1.165, 1.54) is 11.8 Å². The number of thioether (sulfide) groups is 1. The fourth-order valence-corrected chi connectivity index (χ4v) is 3.15. The van der Waals surface area contributed by atoms with Gasteiger partial charge in [-0.05, 0) is 17.7 Å². The Morgan fingerprint density at radius 2 is 1.77 bits per heavy atom. The minimum atomic E-state index is -0.0497. The van der Waals surface area contributed by atoms with E-state index in [0.29, 0.717) is 24.1 Å². The lowest BCUT2D eigenvalue weighted by Gasteiger charge is -2.11. The maximum Gasteiger partial charge on any atom is 0.230 e. The van der Waals surface area contributed by atoms with Crippen molar-refractivity contribution in [2.24, 2.45) is 0 Å². The van der Waals surface area contributed by atoms with Crippen molar-refractivity contribution in [2.45, 2.75) is 18.3 Å². The summed E-state index contributed by atoms with van der Waals surface area (Å²) >= 11 is 1.36. The Morgan fingerprint density at radius 1 is 1.08 bits per heavy atom. The molecule has 0 aliphatic carbocycles. The number of carbonyl (C=O) groups is 1. The fraction of sp³-hybridized carbons (Fsp3) is 0.211. The molecule has 0 atom stereocenters. The molecule has 0 saturated carbocycles. The second-order valence-electron chi connectivity index (χ2n) is 5.53. The fourth-order valence-electron chi connectivity index (χ4n) is 2.32. The van der Waals surface area contributed by atoms with Crippen molar-refractivity contribution in [2.75, 3.05) is 12.8 Å². The van der Waals surface area contributed by atoms with Crippen LogP contribution < -0.4 is 10.1 Å². The summed E-state index contributed by atoms with van der Waals surface area (Å²) < 4.78 is 7.81. The molecule has 1 amide bonds. The molecule has 2 aromatic carbocycles. The van der Waals surface area contributed by atoms with E-state index in [1.807, 2.05) is 53.1 Å². The predicted octanol–water partition coefficient (Wildman–Crippen LogP) is 2.74. The minimum absolute atomic E-state index is 0.0497. The van der Waals surface area contributed by atoms with Crippen molar-refractivity contribution in [3.8, 4) is 5.75 Å². The molecule has 0 saturated heterocycles. The van der Waals surface area contributed by atoms with E-state index in [-0.39, 0.29) is 5.91 Å². The molecule has 0 spiro atoms. The molecule has 7 heteroatoms. The van der Waals surface area contributed by atoms with Crippen molar-refractivity contribution in [3.05, 3.63) is 72.1 Å². The van der Waals surface area contributed by atoms with E-state index in [1.54, 1.807) is 7.05 Å². The quantitative estimate of drug-likeness (QED) is 0.619. The van der Waals surface area contributed by atoms with Crippen LogP contribution >= 0.6 is 11.8 Å². The lowest BCUT2D eigenvalue weighted by molar-refractivity contribution is -0.118. The normalized spacial score (nSPS) is 10.5. The first-order chi connectivity index (χ1) is 12.8. The lowest BCUT2D eigenvalue weighted by Crippen LogP contribution is -2.20. The van der Waals surface area contributed by atoms with Crippen LogP contribution in [-0.2, 0) is 17.9 Å². The monoisotopic (exact) mass is 368 g/mol. The highest BCUT2D eigenvalue weighted by molar-refractivity contribution is 7.99. The van der Waals surface area contributed by atoms with E-state index in [4.69, 9.17) is 4.74 Å². The van der Waals surface area contributed by atoms with Crippen molar-refractivity contribution in [3.63, 3.8) is 0 Å². The van der Waals surface area contributed by atoms with Crippen molar-refractivity contribution in [1.82, 2.24) is 20.1 Å². The van der Waals surface area contributed by atoms with E-state index in [2.05, 4.69) is 27.6 Å². The molecule has 0 bridgehead atoms. The Kier molecular flexibility index (Phi) is 6.27. The second-order valence-corrected chi connectivity index (χ2v) is 6.48. The van der Waals surface area contributed by atoms with Gasteiger partial charge in [0, 0.05) is 7.05 Å². The Labute approximate surface area is 156 Å². The number of hydrogen-bond acceptors (Lipinski definition) is 5. The zero-order valence-electron chi connectivity index (χ0n) is 14.5. The molecule has 6 nitrogen and oxygen atoms in total. The average molecular weight is 368 g/mol. The van der Waals surface area contributed by atoms with E-state index in [0.717, 1.165) is 17.1 Å². The minimum Gasteiger partial charge on any atom is -0.486 e. The Bertz CT molecular complexity index is 837. The molecule has 1 heterocycles. The lowest BCUT2D eigenvalue weighted by atomic mass is 10.2. The van der Waals surface area contributed by atoms with Gasteiger partial charge in [0.1, 0.15) is 12.4 Å². The van der Waals surface area contributed by atoms with Crippen LogP contribution in [0.25, 0.3) is 0 Å². The van der Waals surface area contributed by atoms with E-state index >= 15 is 0 Å². The molecule has 26 heavy (non-hydrogen) atoms. The third-order valence-corrected chi connectivity index (χ3v) is 4.67. The standard InChI is InChI=1S/C19H20N4O2S/c1-20-18(24)14-26-19-22-21-17(13-25-16-10-6-3-7-11-16)23(19)12-15-8-4-2-5-9-15/h2-11H,12-14H2,1H3,(H,20,24). The van der Waals surface area contributed by atoms with Gasteiger partial charge in [0.2, 0.25) is 5.91 Å². The smallest absolute Gasteiger partial charge is 0.230 e. The zero-order chi connectivity index (χ0) is 18.2. The largest absolute Gasteiger partial charge is 0.486 e. The number of benzene rings is 2. The van der Waals surface area contributed by atoms with Crippen LogP contribution in [0.2, 0.25) is 0 Å². The molecule has 134 valence electrons. The second kappa shape index (κ2) is 9.05. The van der Waals surface area contributed by atoms with E-state index < -0.39 is 0 Å². The Balaban J connectivity index is 1.78. The molecular weight excluding hydrogens is 348 g/mol. The highest BCUT2D eigenvalue weighted by atomic mass is 32.2. The average Bonchev–Trinajstić information content (AvgIpc) is 3.07. The molecule has 0 radical (unpaired) electrons. The first-order valence-corrected chi connectivity index (χ1v) is 9.22. The van der Waals surface area contributed by atoms with Gasteiger partial charge in [-0.25, -0.2) is 0 Å². The van der Waals surface area contributed by atoms with Crippen LogP contribution in [-0.4, -0.2) is 33.5 Å². The Morgan fingerprint density at radius 3 is 2.46 bits per heavy atom. The number of rotatable bonds is 8. The molecule has 3 rings (SSSR count). The molecule has 0 fully saturated rings. The van der Waals surface area contributed by atoms with Crippen LogP contribution in [0.4, 0.5) is 0 Å². The van der Waals surface area contributed by atoms with Crippen LogP contribution in [0.3, 0.4) is 0 Å². The van der Waals surface area contributed by atoms with Crippen LogP contribution in [0, 0.1) is 0 Å². The number of amides is 1. The van der Waals surface area contributed by atoms with Gasteiger partial charge in [0.25, 0.3) is 0 Å². The van der Waals surface area contributed by atoms with Crippen molar-refractivity contribution in [1.29, 1.82) is 0 Å². The number of aromatic nitrogens is 3. The summed E-state index contributed by atoms with van der Waals surface area (Å²) in [6.07, 6.45) is 0. The Hall–Kier alpha value is -2.80. The van der Waals surface area contributed by atoms with Gasteiger partial charge in [-0.2, -0.15) is 0 Å². The zero-order valence-corrected chi connectivity index (χ0v) is 15.3. The molecule has 0 aliphatic heterocycles. The number of para-hydroxylation sites is 1. The number of hydrogen-bond donors (Lipinski definition) is 1. The summed E-state index contributed by atoms with van der Waals surface area (Å²) in [5.41, 5.74) is 1.13. The van der Waals surface area contributed by atoms with Crippen LogP contribution in [0.1, 0.15) is 11.4 Å². The maximum atomic E-state index is 11.6. The number of nitrogens with one attached hydrogen (secondary N) is 1. The summed E-state index contributed by atoms with van der Waals surface area (Å²) in [6, 6.07) is 19.7. The predicted molar refractivity (Wildman–Crippen MR) is 101 cm³/mol. The number of ether oxygens (including phenoxy) is 1. The van der Waals surface area contributed by atoms with Gasteiger partial charge in [0.05, 0.1) is 12.3 Å². The third kappa shape index (κ3) is 4.86. The van der Waals surface area contributed by atoms with Crippen molar-refractivity contribution < 1.29 is 9.53 Å². The number of carbonyl (C=O) groups excluding carboxylic acids is 1. The SMILES string of the molecule is CNC(=O)CSc1nnc(COc2ccccc2)n1Cc1ccccc1. The van der Waals surface area contributed by atoms with Crippen molar-refractivity contribution >= 4 is 17.7 Å². The van der Waals surface area contributed by atoms with Gasteiger partial charge >= 0.3 is 0 Å². The first-order valence-electron chi connectivity index (χ1n) is 8.23. The highest BCUT2D eigenvalue weighted by Gasteiger charge is 2.15. The van der Waals surface area contributed by atoms with Crippen LogP contribution in [0.15, 0.2) is 65.8 Å². The first kappa shape index (κ1) is 18.0. The van der Waals surface area contributed by atoms with E-state index in [9.17, 15) is 4.79 Å². The summed E-state index contributed by atoms with van der Waals surface area (Å²) in [7, 11) is 1.62. The number of nitrogens with zero attached hydrogens (tertiary/aromatic N) is 3. The summed E-state index contributed by atoms with van der Waals surface area (Å²) in [5.74, 6) is 1.74. The molecular formula is C19H20N4O2S. The third-order valence-electron chi connectivity index (χ3n) is 3.70. The molecule has 0 aliphatic rings. The summed E-state index contributed by atoms with van der Waals surface area (Å²) in [4.78, 5) is 11.6. The summed E-state index contributed by atoms with van der Waals surface area (Å²) in [5, 5.41) is 11.8. The topological polar surface area (TPSA) is 69.0 Å². The molecule has 0 unspecified atom stereocenters. The highest BCUT2D eigenvalue weighted by Crippen LogP contribution is 2.20. The van der Waals surface area contributed by atoms with Gasteiger partial charge in [-0.3, -0.25) is 9.36 Å². The van der Waals surface area contributed by atoms with Gasteiger partial charge in [-0.1, -0.05) is 60.3 Å². The molecule has 1 aromatic heterocycles. The van der Waals surface area contributed by atoms with Gasteiger partial charge < -0.3 is 10.1 Å². The molecule has 1 N–H and O–H groups in total. The maximum absolute atomic E-state index is 11.6. The molecule has 3 aromatic rings.